The largest absolute Gasteiger partial charge is 0.493 e. The molecule has 0 unspecified atom stereocenters. The summed E-state index contributed by atoms with van der Waals surface area (Å²) in [5, 5.41) is 0. The number of ether oxygens (including phenoxy) is 2. The molecule has 3 aromatic carbocycles. The number of likely N-dealkylation sites (tertiary alicyclic amines) is 1. The number of halogens is 1. The normalized spacial score (nSPS) is 17.2. The van der Waals surface area contributed by atoms with Crippen LogP contribution in [0.5, 0.6) is 11.5 Å². The van der Waals surface area contributed by atoms with Crippen molar-refractivity contribution in [1.82, 2.24) is 4.90 Å². The number of rotatable bonds is 7. The van der Waals surface area contributed by atoms with Crippen LogP contribution in [0.4, 0.5) is 4.39 Å². The lowest BCUT2D eigenvalue weighted by molar-refractivity contribution is 0.198. The zero-order chi connectivity index (χ0) is 27.9. The molecule has 3 nitrogen and oxygen atoms in total. The summed E-state index contributed by atoms with van der Waals surface area (Å²) in [4.78, 5) is 2.30. The highest BCUT2D eigenvalue weighted by atomic mass is 19.1. The highest BCUT2D eigenvalue weighted by Crippen LogP contribution is 2.43. The molecule has 0 N–H and O–H groups in total. The molecule has 0 aliphatic carbocycles. The summed E-state index contributed by atoms with van der Waals surface area (Å²) >= 11 is 0. The van der Waals surface area contributed by atoms with Crippen molar-refractivity contribution in [1.29, 1.82) is 0 Å². The van der Waals surface area contributed by atoms with Crippen LogP contribution in [-0.2, 0) is 0 Å². The summed E-state index contributed by atoms with van der Waals surface area (Å²) in [6.07, 6.45) is 2.59. The number of hydrogen-bond donors (Lipinski definition) is 0. The van der Waals surface area contributed by atoms with Crippen molar-refractivity contribution in [2.45, 2.75) is 66.9 Å². The predicted octanol–water partition coefficient (Wildman–Crippen LogP) is 8.50. The van der Waals surface area contributed by atoms with E-state index in [0.717, 1.165) is 49.5 Å². The van der Waals surface area contributed by atoms with E-state index in [9.17, 15) is 4.39 Å². The van der Waals surface area contributed by atoms with Crippen molar-refractivity contribution in [3.63, 3.8) is 0 Å². The highest BCUT2D eigenvalue weighted by molar-refractivity contribution is 6.01. The van der Waals surface area contributed by atoms with E-state index in [1.165, 1.54) is 44.5 Å². The van der Waals surface area contributed by atoms with Crippen LogP contribution in [0.15, 0.2) is 54.6 Å². The Balaban J connectivity index is 0.00000172. The van der Waals surface area contributed by atoms with Crippen molar-refractivity contribution in [2.24, 2.45) is 0 Å². The van der Waals surface area contributed by atoms with Crippen LogP contribution in [0.3, 0.4) is 0 Å². The van der Waals surface area contributed by atoms with Crippen molar-refractivity contribution >= 4 is 11.1 Å². The molecule has 0 amide bonds. The Morgan fingerprint density at radius 3 is 2.36 bits per heavy atom. The SMILES string of the molecule is CC.Cc1ccc(C2=C(c3ccc(O[C@H]4CCN(CCCF)C4)cc3)c3cc(C)c(C)cc3OCC2)c(C)c1. The second-order valence-corrected chi connectivity index (χ2v) is 10.6. The molecule has 1 atom stereocenters. The molecule has 0 bridgehead atoms. The third kappa shape index (κ3) is 6.73. The molecule has 208 valence electrons. The molecule has 39 heavy (non-hydrogen) atoms. The summed E-state index contributed by atoms with van der Waals surface area (Å²) in [7, 11) is 0. The predicted molar refractivity (Wildman–Crippen MR) is 162 cm³/mol. The number of aryl methyl sites for hydroxylation is 4. The van der Waals surface area contributed by atoms with Gasteiger partial charge in [-0.2, -0.15) is 0 Å². The van der Waals surface area contributed by atoms with Gasteiger partial charge in [0.25, 0.3) is 0 Å². The summed E-state index contributed by atoms with van der Waals surface area (Å²) < 4.78 is 25.2. The monoisotopic (exact) mass is 529 g/mol. The molecule has 5 rings (SSSR count). The molecule has 0 saturated carbocycles. The zero-order valence-corrected chi connectivity index (χ0v) is 24.6. The topological polar surface area (TPSA) is 21.7 Å². The van der Waals surface area contributed by atoms with Gasteiger partial charge in [-0.15, -0.1) is 0 Å². The van der Waals surface area contributed by atoms with Crippen molar-refractivity contribution in [2.75, 3.05) is 32.9 Å². The molecule has 4 heteroatoms. The zero-order valence-electron chi connectivity index (χ0n) is 24.6. The van der Waals surface area contributed by atoms with E-state index in [-0.39, 0.29) is 12.8 Å². The fraction of sp³-hybridized carbons (Fsp3) is 0.429. The van der Waals surface area contributed by atoms with E-state index in [2.05, 4.69) is 87.2 Å². The minimum Gasteiger partial charge on any atom is -0.493 e. The number of nitrogens with zero attached hydrogens (tertiary/aromatic N) is 1. The Bertz CT molecular complexity index is 1290. The van der Waals surface area contributed by atoms with Gasteiger partial charge in [-0.3, -0.25) is 9.29 Å². The molecular formula is C35H44FNO2. The van der Waals surface area contributed by atoms with Gasteiger partial charge >= 0.3 is 0 Å². The number of benzene rings is 3. The lowest BCUT2D eigenvalue weighted by Crippen LogP contribution is -2.26. The van der Waals surface area contributed by atoms with Crippen molar-refractivity contribution in [3.05, 3.63) is 93.5 Å². The van der Waals surface area contributed by atoms with Crippen molar-refractivity contribution in [3.8, 4) is 11.5 Å². The van der Waals surface area contributed by atoms with Crippen LogP contribution in [-0.4, -0.2) is 43.9 Å². The summed E-state index contributed by atoms with van der Waals surface area (Å²) in [5.41, 5.74) is 11.3. The molecule has 1 saturated heterocycles. The third-order valence-corrected chi connectivity index (χ3v) is 7.77. The van der Waals surface area contributed by atoms with Gasteiger partial charge in [-0.05, 0) is 104 Å². The average molecular weight is 530 g/mol. The standard InChI is InChI=1S/C33H38FNO2.C2H6/c1-22-6-11-29(25(4)18-22)30-13-17-36-32-20-24(3)23(2)19-31(32)33(30)26-7-9-27(10-8-26)37-28-12-16-35(21-28)15-5-14-34;1-2/h6-11,18-20,28H,5,12-17,21H2,1-4H3;1-2H3/t28-;/m0./s1. The summed E-state index contributed by atoms with van der Waals surface area (Å²) in [5.74, 6) is 1.84. The third-order valence-electron chi connectivity index (χ3n) is 7.77. The molecule has 0 aromatic heterocycles. The van der Waals surface area contributed by atoms with Gasteiger partial charge in [0.2, 0.25) is 0 Å². The van der Waals surface area contributed by atoms with Gasteiger partial charge < -0.3 is 9.47 Å². The maximum atomic E-state index is 12.5. The van der Waals surface area contributed by atoms with Gasteiger partial charge in [-0.1, -0.05) is 49.7 Å². The lowest BCUT2D eigenvalue weighted by atomic mass is 9.85. The molecule has 2 aliphatic heterocycles. The van der Waals surface area contributed by atoms with E-state index in [4.69, 9.17) is 9.47 Å². The Labute approximate surface area is 234 Å². The minimum atomic E-state index is -0.253. The number of alkyl halides is 1. The average Bonchev–Trinajstić information content (AvgIpc) is 3.30. The van der Waals surface area contributed by atoms with E-state index >= 15 is 0 Å². The van der Waals surface area contributed by atoms with Crippen LogP contribution in [0.2, 0.25) is 0 Å². The van der Waals surface area contributed by atoms with Gasteiger partial charge in [0, 0.05) is 31.6 Å². The second kappa shape index (κ2) is 13.3. The lowest BCUT2D eigenvalue weighted by Gasteiger charge is -2.19. The van der Waals surface area contributed by atoms with Crippen molar-refractivity contribution < 1.29 is 13.9 Å². The Morgan fingerprint density at radius 1 is 0.897 bits per heavy atom. The Kier molecular flexibility index (Phi) is 9.85. The first-order valence-electron chi connectivity index (χ1n) is 14.5. The van der Waals surface area contributed by atoms with Gasteiger partial charge in [-0.25, -0.2) is 0 Å². The summed E-state index contributed by atoms with van der Waals surface area (Å²) in [6.45, 7) is 15.7. The number of hydrogen-bond acceptors (Lipinski definition) is 3. The molecule has 0 spiro atoms. The summed E-state index contributed by atoms with van der Waals surface area (Å²) in [6, 6.07) is 19.8. The molecule has 3 aromatic rings. The fourth-order valence-corrected chi connectivity index (χ4v) is 5.68. The first kappa shape index (κ1) is 28.9. The van der Waals surface area contributed by atoms with E-state index in [0.29, 0.717) is 13.0 Å². The van der Waals surface area contributed by atoms with Crippen LogP contribution >= 0.6 is 0 Å². The van der Waals surface area contributed by atoms with Crippen LogP contribution in [0, 0.1) is 27.7 Å². The highest BCUT2D eigenvalue weighted by Gasteiger charge is 2.25. The molecule has 2 heterocycles. The smallest absolute Gasteiger partial charge is 0.127 e. The van der Waals surface area contributed by atoms with Gasteiger partial charge in [0.05, 0.1) is 13.3 Å². The second-order valence-electron chi connectivity index (χ2n) is 10.6. The van der Waals surface area contributed by atoms with Gasteiger partial charge in [0.15, 0.2) is 0 Å². The number of fused-ring (bicyclic) bond motifs is 1. The molecule has 1 fully saturated rings. The Hall–Kier alpha value is -3.11. The van der Waals surface area contributed by atoms with Crippen LogP contribution in [0.1, 0.15) is 72.1 Å². The maximum absolute atomic E-state index is 12.5. The van der Waals surface area contributed by atoms with E-state index in [1.54, 1.807) is 0 Å². The van der Waals surface area contributed by atoms with Gasteiger partial charge in [0.1, 0.15) is 17.6 Å². The minimum absolute atomic E-state index is 0.160. The fourth-order valence-electron chi connectivity index (χ4n) is 5.68. The quantitative estimate of drug-likeness (QED) is 0.306. The maximum Gasteiger partial charge on any atom is 0.127 e. The van der Waals surface area contributed by atoms with Crippen LogP contribution in [0.25, 0.3) is 11.1 Å². The first-order chi connectivity index (χ1) is 18.9. The molecule has 0 radical (unpaired) electrons. The Morgan fingerprint density at radius 2 is 1.64 bits per heavy atom. The van der Waals surface area contributed by atoms with E-state index in [1.807, 2.05) is 13.8 Å². The molecule has 2 aliphatic rings. The van der Waals surface area contributed by atoms with E-state index < -0.39 is 0 Å². The first-order valence-corrected chi connectivity index (χ1v) is 14.5. The van der Waals surface area contributed by atoms with Crippen LogP contribution < -0.4 is 9.47 Å². The molecular weight excluding hydrogens is 485 g/mol.